The third-order valence-electron chi connectivity index (χ3n) is 2.21. The number of aromatic nitrogens is 1. The Bertz CT molecular complexity index is 464. The van der Waals surface area contributed by atoms with Crippen LogP contribution in [-0.4, -0.2) is 25.8 Å². The molecule has 1 unspecified atom stereocenters. The number of hydrogen-bond donors (Lipinski definition) is 1. The van der Waals surface area contributed by atoms with Gasteiger partial charge in [0.25, 0.3) is 0 Å². The fourth-order valence-corrected chi connectivity index (χ4v) is 2.45. The van der Waals surface area contributed by atoms with Gasteiger partial charge in [-0.05, 0) is 6.42 Å². The van der Waals surface area contributed by atoms with E-state index in [2.05, 4.69) is 4.98 Å². The summed E-state index contributed by atoms with van der Waals surface area (Å²) in [5.41, 5.74) is 0. The van der Waals surface area contributed by atoms with Crippen molar-refractivity contribution in [3.8, 4) is 5.75 Å². The number of primary sulfonamides is 1. The zero-order valence-corrected chi connectivity index (χ0v) is 11.0. The molecular formula is C10H15ClN2O3S. The van der Waals surface area contributed by atoms with E-state index in [-0.39, 0.29) is 18.3 Å². The summed E-state index contributed by atoms with van der Waals surface area (Å²) >= 11 is 5.74. The maximum Gasteiger partial charge on any atom is 0.209 e. The first-order valence-electron chi connectivity index (χ1n) is 5.14. The van der Waals surface area contributed by atoms with E-state index in [1.165, 1.54) is 12.4 Å². The maximum absolute atomic E-state index is 11.0. The summed E-state index contributed by atoms with van der Waals surface area (Å²) in [6.45, 7) is 2.16. The summed E-state index contributed by atoms with van der Waals surface area (Å²) in [4.78, 5) is 3.86. The van der Waals surface area contributed by atoms with Crippen LogP contribution in [0.3, 0.4) is 0 Å². The summed E-state index contributed by atoms with van der Waals surface area (Å²) in [5, 5.41) is 5.46. The van der Waals surface area contributed by atoms with E-state index in [1.54, 1.807) is 6.07 Å². The number of rotatable bonds is 6. The Morgan fingerprint density at radius 2 is 2.24 bits per heavy atom. The highest BCUT2D eigenvalue weighted by Crippen LogP contribution is 2.16. The first kappa shape index (κ1) is 14.2. The lowest BCUT2D eigenvalue weighted by Gasteiger charge is -2.14. The van der Waals surface area contributed by atoms with Crippen LogP contribution in [0, 0.1) is 5.92 Å². The lowest BCUT2D eigenvalue weighted by Crippen LogP contribution is -2.26. The molecule has 1 rings (SSSR count). The molecule has 1 atom stereocenters. The molecule has 0 aliphatic carbocycles. The van der Waals surface area contributed by atoms with Crippen molar-refractivity contribution in [3.63, 3.8) is 0 Å². The summed E-state index contributed by atoms with van der Waals surface area (Å²) in [6.07, 6.45) is 3.69. The highest BCUT2D eigenvalue weighted by molar-refractivity contribution is 7.89. The van der Waals surface area contributed by atoms with Crippen molar-refractivity contribution in [3.05, 3.63) is 23.5 Å². The fourth-order valence-electron chi connectivity index (χ4n) is 1.30. The molecule has 0 bridgehead atoms. The molecule has 0 amide bonds. The van der Waals surface area contributed by atoms with E-state index in [4.69, 9.17) is 21.5 Å². The van der Waals surface area contributed by atoms with Gasteiger partial charge in [0.1, 0.15) is 5.75 Å². The largest absolute Gasteiger partial charge is 0.492 e. The van der Waals surface area contributed by atoms with Gasteiger partial charge in [-0.1, -0.05) is 18.5 Å². The van der Waals surface area contributed by atoms with E-state index in [0.29, 0.717) is 17.2 Å². The minimum atomic E-state index is -3.47. The van der Waals surface area contributed by atoms with Gasteiger partial charge in [-0.3, -0.25) is 4.98 Å². The second-order valence-corrected chi connectivity index (χ2v) is 5.85. The molecule has 1 aromatic heterocycles. The van der Waals surface area contributed by atoms with E-state index in [0.717, 1.165) is 0 Å². The number of sulfonamides is 1. The molecule has 5 nitrogen and oxygen atoms in total. The molecule has 2 N–H and O–H groups in total. The average Bonchev–Trinajstić information content (AvgIpc) is 2.23. The molecule has 17 heavy (non-hydrogen) atoms. The molecular weight excluding hydrogens is 264 g/mol. The lowest BCUT2D eigenvalue weighted by molar-refractivity contribution is 0.257. The number of pyridine rings is 1. The molecule has 0 aromatic carbocycles. The van der Waals surface area contributed by atoms with Crippen LogP contribution in [0.25, 0.3) is 0 Å². The number of halogens is 1. The molecule has 0 saturated carbocycles. The zero-order chi connectivity index (χ0) is 12.9. The number of nitrogens with two attached hydrogens (primary N) is 1. The number of ether oxygens (including phenoxy) is 1. The molecule has 7 heteroatoms. The highest BCUT2D eigenvalue weighted by Gasteiger charge is 2.15. The third-order valence-corrected chi connectivity index (χ3v) is 3.35. The van der Waals surface area contributed by atoms with Gasteiger partial charge < -0.3 is 4.74 Å². The van der Waals surface area contributed by atoms with E-state index in [1.807, 2.05) is 6.92 Å². The van der Waals surface area contributed by atoms with Crippen molar-refractivity contribution in [2.75, 3.05) is 12.4 Å². The quantitative estimate of drug-likeness (QED) is 0.853. The lowest BCUT2D eigenvalue weighted by atomic mass is 10.1. The molecule has 0 saturated heterocycles. The first-order chi connectivity index (χ1) is 7.90. The topological polar surface area (TPSA) is 82.3 Å². The number of hydrogen-bond acceptors (Lipinski definition) is 4. The fraction of sp³-hybridized carbons (Fsp3) is 0.500. The standard InChI is InChI=1S/C10H15ClN2O3S/c1-2-8(7-17(12,14)15)6-16-10-3-9(11)4-13-5-10/h3-5,8H,2,6-7H2,1H3,(H2,12,14,15). The van der Waals surface area contributed by atoms with Crippen LogP contribution in [0.1, 0.15) is 13.3 Å². The average molecular weight is 279 g/mol. The molecule has 0 fully saturated rings. The summed E-state index contributed by atoms with van der Waals surface area (Å²) in [6, 6.07) is 1.62. The Hall–Kier alpha value is -0.850. The van der Waals surface area contributed by atoms with E-state index >= 15 is 0 Å². The van der Waals surface area contributed by atoms with Crippen molar-refractivity contribution < 1.29 is 13.2 Å². The Morgan fingerprint density at radius 3 is 2.76 bits per heavy atom. The molecule has 1 heterocycles. The van der Waals surface area contributed by atoms with Gasteiger partial charge in [-0.2, -0.15) is 0 Å². The predicted molar refractivity (Wildman–Crippen MR) is 66.5 cm³/mol. The first-order valence-corrected chi connectivity index (χ1v) is 7.24. The molecule has 0 spiro atoms. The van der Waals surface area contributed by atoms with Gasteiger partial charge in [-0.25, -0.2) is 13.6 Å². The Balaban J connectivity index is 2.53. The maximum atomic E-state index is 11.0. The van der Waals surface area contributed by atoms with Crippen molar-refractivity contribution in [1.29, 1.82) is 0 Å². The van der Waals surface area contributed by atoms with Gasteiger partial charge in [0.2, 0.25) is 10.0 Å². The molecule has 96 valence electrons. The Kier molecular flexibility index (Phi) is 5.17. The van der Waals surface area contributed by atoms with Gasteiger partial charge in [0.05, 0.1) is 23.6 Å². The van der Waals surface area contributed by atoms with Crippen LogP contribution in [0.2, 0.25) is 5.02 Å². The van der Waals surface area contributed by atoms with Crippen LogP contribution < -0.4 is 9.88 Å². The van der Waals surface area contributed by atoms with Crippen LogP contribution in [0.4, 0.5) is 0 Å². The minimum absolute atomic E-state index is 0.0858. The van der Waals surface area contributed by atoms with Crippen LogP contribution in [-0.2, 0) is 10.0 Å². The highest BCUT2D eigenvalue weighted by atomic mass is 35.5. The van der Waals surface area contributed by atoms with Crippen molar-refractivity contribution in [2.24, 2.45) is 11.1 Å². The number of nitrogens with zero attached hydrogens (tertiary/aromatic N) is 1. The Labute approximate surface area is 106 Å². The summed E-state index contributed by atoms with van der Waals surface area (Å²) < 4.78 is 27.3. The van der Waals surface area contributed by atoms with E-state index < -0.39 is 10.0 Å². The van der Waals surface area contributed by atoms with Crippen LogP contribution >= 0.6 is 11.6 Å². The van der Waals surface area contributed by atoms with Crippen molar-refractivity contribution in [2.45, 2.75) is 13.3 Å². The van der Waals surface area contributed by atoms with E-state index in [9.17, 15) is 8.42 Å². The summed E-state index contributed by atoms with van der Waals surface area (Å²) in [7, 11) is -3.47. The van der Waals surface area contributed by atoms with Crippen LogP contribution in [0.5, 0.6) is 5.75 Å². The SMILES string of the molecule is CCC(COc1cncc(Cl)c1)CS(N)(=O)=O. The monoisotopic (exact) mass is 278 g/mol. The Morgan fingerprint density at radius 1 is 1.53 bits per heavy atom. The minimum Gasteiger partial charge on any atom is -0.492 e. The van der Waals surface area contributed by atoms with Gasteiger partial charge in [0.15, 0.2) is 0 Å². The van der Waals surface area contributed by atoms with Gasteiger partial charge in [-0.15, -0.1) is 0 Å². The molecule has 0 aliphatic heterocycles. The smallest absolute Gasteiger partial charge is 0.209 e. The molecule has 1 aromatic rings. The normalized spacial score (nSPS) is 13.4. The van der Waals surface area contributed by atoms with Crippen LogP contribution in [0.15, 0.2) is 18.5 Å². The second kappa shape index (κ2) is 6.18. The molecule has 0 aliphatic rings. The van der Waals surface area contributed by atoms with Gasteiger partial charge in [0, 0.05) is 18.2 Å². The molecule has 0 radical (unpaired) electrons. The second-order valence-electron chi connectivity index (χ2n) is 3.75. The summed E-state index contributed by atoms with van der Waals surface area (Å²) in [5.74, 6) is 0.298. The van der Waals surface area contributed by atoms with Crippen molar-refractivity contribution >= 4 is 21.6 Å². The van der Waals surface area contributed by atoms with Crippen molar-refractivity contribution in [1.82, 2.24) is 4.98 Å². The van der Waals surface area contributed by atoms with Gasteiger partial charge >= 0.3 is 0 Å². The zero-order valence-electron chi connectivity index (χ0n) is 9.47. The third kappa shape index (κ3) is 5.86. The predicted octanol–water partition coefficient (Wildman–Crippen LogP) is 1.43.